The Morgan fingerprint density at radius 1 is 1.27 bits per heavy atom. The van der Waals surface area contributed by atoms with Crippen LogP contribution >= 0.6 is 0 Å². The molecule has 7 nitrogen and oxygen atoms in total. The van der Waals surface area contributed by atoms with Gasteiger partial charge in [0.2, 0.25) is 10.0 Å². The molecule has 3 N–H and O–H groups in total. The third kappa shape index (κ3) is 3.90. The molecule has 1 aliphatic rings. The van der Waals surface area contributed by atoms with Crippen molar-refractivity contribution in [2.45, 2.75) is 38.5 Å². The SMILES string of the molecule is CS(=O)(=O)Nc1cccc2c(=O)c(CC3CCCCC3)c(C(N)=O)oc12. The van der Waals surface area contributed by atoms with Crippen LogP contribution in [-0.4, -0.2) is 20.6 Å². The molecule has 0 unspecified atom stereocenters. The first-order valence-corrected chi connectivity index (χ1v) is 10.5. The number of anilines is 1. The molecule has 8 heteroatoms. The molecule has 0 aliphatic heterocycles. The van der Waals surface area contributed by atoms with E-state index in [0.29, 0.717) is 12.3 Å². The highest BCUT2D eigenvalue weighted by Crippen LogP contribution is 2.29. The minimum absolute atomic E-state index is 0.0177. The molecule has 0 atom stereocenters. The maximum Gasteiger partial charge on any atom is 0.284 e. The van der Waals surface area contributed by atoms with Crippen molar-refractivity contribution in [3.63, 3.8) is 0 Å². The molecular weight excluding hydrogens is 356 g/mol. The lowest BCUT2D eigenvalue weighted by Gasteiger charge is -2.22. The Bertz CT molecular complexity index is 1000. The van der Waals surface area contributed by atoms with E-state index in [2.05, 4.69) is 4.72 Å². The number of carbonyl (C=O) groups is 1. The van der Waals surface area contributed by atoms with E-state index in [0.717, 1.165) is 31.9 Å². The van der Waals surface area contributed by atoms with Crippen molar-refractivity contribution in [3.8, 4) is 0 Å². The highest BCUT2D eigenvalue weighted by molar-refractivity contribution is 7.92. The van der Waals surface area contributed by atoms with Gasteiger partial charge in [-0.2, -0.15) is 0 Å². The molecule has 1 heterocycles. The molecule has 26 heavy (non-hydrogen) atoms. The molecule has 1 aromatic heterocycles. The van der Waals surface area contributed by atoms with E-state index in [1.54, 1.807) is 12.1 Å². The van der Waals surface area contributed by atoms with E-state index in [1.165, 1.54) is 12.5 Å². The van der Waals surface area contributed by atoms with E-state index in [4.69, 9.17) is 10.2 Å². The molecule has 140 valence electrons. The Morgan fingerprint density at radius 2 is 1.96 bits per heavy atom. The van der Waals surface area contributed by atoms with Gasteiger partial charge in [0.25, 0.3) is 5.91 Å². The summed E-state index contributed by atoms with van der Waals surface area (Å²) < 4.78 is 31.1. The van der Waals surface area contributed by atoms with Crippen LogP contribution in [0.1, 0.15) is 48.2 Å². The zero-order valence-corrected chi connectivity index (χ0v) is 15.4. The number of nitrogens with two attached hydrogens (primary N) is 1. The van der Waals surface area contributed by atoms with Gasteiger partial charge in [0.15, 0.2) is 16.8 Å². The average Bonchev–Trinajstić information content (AvgIpc) is 2.57. The van der Waals surface area contributed by atoms with Crippen LogP contribution in [-0.2, 0) is 16.4 Å². The molecule has 1 fully saturated rings. The second-order valence-electron chi connectivity index (χ2n) is 6.87. The smallest absolute Gasteiger partial charge is 0.284 e. The zero-order valence-electron chi connectivity index (χ0n) is 14.6. The third-order valence-corrected chi connectivity index (χ3v) is 5.34. The standard InChI is InChI=1S/C18H22N2O5S/c1-26(23,24)20-14-9-5-8-12-15(21)13(10-11-6-3-2-4-7-11)17(18(19)22)25-16(12)14/h5,8-9,11,20H,2-4,6-7,10H2,1H3,(H2,19,22). The summed E-state index contributed by atoms with van der Waals surface area (Å²) in [5, 5.41) is 0.231. The average molecular weight is 378 g/mol. The number of sulfonamides is 1. The molecule has 0 radical (unpaired) electrons. The lowest BCUT2D eigenvalue weighted by molar-refractivity contribution is 0.0972. The Balaban J connectivity index is 2.16. The van der Waals surface area contributed by atoms with Crippen molar-refractivity contribution in [2.75, 3.05) is 11.0 Å². The highest BCUT2D eigenvalue weighted by atomic mass is 32.2. The van der Waals surface area contributed by atoms with Gasteiger partial charge in [0, 0.05) is 5.56 Å². The first kappa shape index (κ1) is 18.4. The van der Waals surface area contributed by atoms with Gasteiger partial charge in [-0.15, -0.1) is 0 Å². The van der Waals surface area contributed by atoms with Gasteiger partial charge in [0.1, 0.15) is 0 Å². The van der Waals surface area contributed by atoms with Crippen molar-refractivity contribution in [1.29, 1.82) is 0 Å². The quantitative estimate of drug-likeness (QED) is 0.828. The number of fused-ring (bicyclic) bond motifs is 1. The fourth-order valence-corrected chi connectivity index (χ4v) is 4.16. The van der Waals surface area contributed by atoms with Crippen LogP contribution in [0.5, 0.6) is 0 Å². The fourth-order valence-electron chi connectivity index (χ4n) is 3.60. The van der Waals surface area contributed by atoms with E-state index in [9.17, 15) is 18.0 Å². The first-order chi connectivity index (χ1) is 12.3. The second-order valence-corrected chi connectivity index (χ2v) is 8.62. The number of nitrogens with one attached hydrogen (secondary N) is 1. The molecule has 0 bridgehead atoms. The van der Waals surface area contributed by atoms with Crippen molar-refractivity contribution in [1.82, 2.24) is 0 Å². The van der Waals surface area contributed by atoms with Gasteiger partial charge in [0.05, 0.1) is 17.3 Å². The van der Waals surface area contributed by atoms with Crippen molar-refractivity contribution < 1.29 is 17.6 Å². The summed E-state index contributed by atoms with van der Waals surface area (Å²) in [5.41, 5.74) is 5.52. The normalized spacial score (nSPS) is 15.9. The van der Waals surface area contributed by atoms with E-state index < -0.39 is 15.9 Å². The van der Waals surface area contributed by atoms with Crippen molar-refractivity contribution in [3.05, 3.63) is 39.7 Å². The number of carbonyl (C=O) groups excluding carboxylic acids is 1. The van der Waals surface area contributed by atoms with Gasteiger partial charge in [-0.3, -0.25) is 14.3 Å². The van der Waals surface area contributed by atoms with Crippen LogP contribution in [0.25, 0.3) is 11.0 Å². The van der Waals surface area contributed by atoms with Gasteiger partial charge in [-0.1, -0.05) is 38.2 Å². The summed E-state index contributed by atoms with van der Waals surface area (Å²) in [6, 6.07) is 4.60. The molecule has 0 spiro atoms. The lowest BCUT2D eigenvalue weighted by atomic mass is 9.84. The number of benzene rings is 1. The Morgan fingerprint density at radius 3 is 2.58 bits per heavy atom. The van der Waals surface area contributed by atoms with Gasteiger partial charge >= 0.3 is 0 Å². The largest absolute Gasteiger partial charge is 0.448 e. The zero-order chi connectivity index (χ0) is 18.9. The number of hydrogen-bond donors (Lipinski definition) is 2. The first-order valence-electron chi connectivity index (χ1n) is 8.62. The molecule has 1 saturated carbocycles. The fraction of sp³-hybridized carbons (Fsp3) is 0.444. The summed E-state index contributed by atoms with van der Waals surface area (Å²) in [6.07, 6.45) is 6.86. The van der Waals surface area contributed by atoms with E-state index in [-0.39, 0.29) is 33.4 Å². The maximum atomic E-state index is 13.0. The van der Waals surface area contributed by atoms with Crippen molar-refractivity contribution in [2.24, 2.45) is 11.7 Å². The predicted molar refractivity (Wildman–Crippen MR) is 99.7 cm³/mol. The Hall–Kier alpha value is -2.35. The van der Waals surface area contributed by atoms with E-state index in [1.807, 2.05) is 0 Å². The van der Waals surface area contributed by atoms with Gasteiger partial charge < -0.3 is 10.2 Å². The van der Waals surface area contributed by atoms with Crippen LogP contribution in [0.4, 0.5) is 5.69 Å². The number of hydrogen-bond acceptors (Lipinski definition) is 5. The number of amides is 1. The molecule has 0 saturated heterocycles. The molecule has 1 aliphatic carbocycles. The van der Waals surface area contributed by atoms with Crippen LogP contribution < -0.4 is 15.9 Å². The monoisotopic (exact) mass is 378 g/mol. The molecule has 2 aromatic rings. The maximum absolute atomic E-state index is 13.0. The molecule has 1 aromatic carbocycles. The minimum Gasteiger partial charge on any atom is -0.448 e. The van der Waals surface area contributed by atoms with Crippen LogP contribution in [0, 0.1) is 5.92 Å². The summed E-state index contributed by atoms with van der Waals surface area (Å²) >= 11 is 0. The third-order valence-electron chi connectivity index (χ3n) is 4.75. The van der Waals surface area contributed by atoms with Gasteiger partial charge in [-0.05, 0) is 24.5 Å². The molecular formula is C18H22N2O5S. The summed E-state index contributed by atoms with van der Waals surface area (Å²) in [4.78, 5) is 24.9. The number of primary amides is 1. The van der Waals surface area contributed by atoms with Crippen LogP contribution in [0.15, 0.2) is 27.4 Å². The summed E-state index contributed by atoms with van der Waals surface area (Å²) in [5.74, 6) is -0.695. The highest BCUT2D eigenvalue weighted by Gasteiger charge is 2.24. The lowest BCUT2D eigenvalue weighted by Crippen LogP contribution is -2.24. The Labute approximate surface area is 151 Å². The van der Waals surface area contributed by atoms with Crippen molar-refractivity contribution >= 4 is 32.6 Å². The van der Waals surface area contributed by atoms with Gasteiger partial charge in [-0.25, -0.2) is 8.42 Å². The van der Waals surface area contributed by atoms with Crippen LogP contribution in [0.2, 0.25) is 0 Å². The Kier molecular flexibility index (Phi) is 5.04. The van der Waals surface area contributed by atoms with Crippen LogP contribution in [0.3, 0.4) is 0 Å². The summed E-state index contributed by atoms with van der Waals surface area (Å²) in [7, 11) is -3.58. The second kappa shape index (κ2) is 7.11. The summed E-state index contributed by atoms with van der Waals surface area (Å²) in [6.45, 7) is 0. The number of para-hydroxylation sites is 1. The topological polar surface area (TPSA) is 119 Å². The van der Waals surface area contributed by atoms with E-state index >= 15 is 0 Å². The number of rotatable bonds is 5. The predicted octanol–water partition coefficient (Wildman–Crippen LogP) is 2.39. The molecule has 3 rings (SSSR count). The minimum atomic E-state index is -3.58. The molecule has 1 amide bonds.